The maximum absolute atomic E-state index is 11.9. The molecule has 1 fully saturated rings. The van der Waals surface area contributed by atoms with Crippen LogP contribution in [0.2, 0.25) is 0 Å². The first kappa shape index (κ1) is 31.2. The molecule has 1 aliphatic heterocycles. The molecule has 1 amide bonds. The smallest absolute Gasteiger partial charge is 0.272 e. The lowest BCUT2D eigenvalue weighted by atomic mass is 9.99. The van der Waals surface area contributed by atoms with E-state index >= 15 is 0 Å². The molecule has 12 heteroatoms. The minimum absolute atomic E-state index is 0.00305. The predicted molar refractivity (Wildman–Crippen MR) is 168 cm³/mol. The molecule has 1 aromatic heterocycles. The number of carbonyl (C=O) groups is 1. The van der Waals surface area contributed by atoms with Gasteiger partial charge in [-0.25, -0.2) is 0 Å². The number of aryl methyl sites for hydroxylation is 1. The Labute approximate surface area is 267 Å². The van der Waals surface area contributed by atoms with Crippen molar-refractivity contribution in [3.05, 3.63) is 100 Å². The third-order valence-corrected chi connectivity index (χ3v) is 9.29. The summed E-state index contributed by atoms with van der Waals surface area (Å²) in [4.78, 5) is 11.9. The highest BCUT2D eigenvalue weighted by molar-refractivity contribution is 8.01. The molecule has 3 unspecified atom stereocenters. The maximum Gasteiger partial charge on any atom is 0.272 e. The van der Waals surface area contributed by atoms with E-state index in [0.717, 1.165) is 48.5 Å². The van der Waals surface area contributed by atoms with Gasteiger partial charge in [0, 0.05) is 24.3 Å². The van der Waals surface area contributed by atoms with Crippen molar-refractivity contribution in [2.24, 2.45) is 0 Å². The van der Waals surface area contributed by atoms with Crippen molar-refractivity contribution >= 4 is 63.8 Å². The topological polar surface area (TPSA) is 93.6 Å². The second-order valence-electron chi connectivity index (χ2n) is 9.75. The van der Waals surface area contributed by atoms with Crippen LogP contribution in [0.1, 0.15) is 46.1 Å². The average molecular weight is 665 g/mol. The Morgan fingerprint density at radius 2 is 1.74 bits per heavy atom. The van der Waals surface area contributed by atoms with Crippen molar-refractivity contribution in [2.75, 3.05) is 5.75 Å². The van der Waals surface area contributed by atoms with E-state index in [4.69, 9.17) is 44.3 Å². The van der Waals surface area contributed by atoms with Gasteiger partial charge in [-0.15, -0.1) is 10.2 Å². The SMILES string of the molecule is Cc1nnc(SCC2CC(c3ccc(CO)cc3)OC(c3ccc(-c4cccc(CNC(=O)C(Cl)(Cl)Cl)c4)cc3)O2)s1. The van der Waals surface area contributed by atoms with Gasteiger partial charge in [0.2, 0.25) is 0 Å². The largest absolute Gasteiger partial charge is 0.392 e. The summed E-state index contributed by atoms with van der Waals surface area (Å²) in [6.45, 7) is 2.18. The van der Waals surface area contributed by atoms with Gasteiger partial charge in [-0.2, -0.15) is 0 Å². The van der Waals surface area contributed by atoms with Crippen LogP contribution < -0.4 is 5.32 Å². The minimum atomic E-state index is -2.01. The fourth-order valence-electron chi connectivity index (χ4n) is 4.50. The van der Waals surface area contributed by atoms with E-state index in [1.54, 1.807) is 23.1 Å². The minimum Gasteiger partial charge on any atom is -0.392 e. The highest BCUT2D eigenvalue weighted by Crippen LogP contribution is 2.40. The summed E-state index contributed by atoms with van der Waals surface area (Å²) in [7, 11) is 0. The zero-order valence-corrected chi connectivity index (χ0v) is 26.4. The molecule has 2 heterocycles. The van der Waals surface area contributed by atoms with E-state index in [9.17, 15) is 9.90 Å². The highest BCUT2D eigenvalue weighted by Gasteiger charge is 2.33. The Bertz CT molecular complexity index is 1500. The van der Waals surface area contributed by atoms with Crippen LogP contribution in [0.3, 0.4) is 0 Å². The lowest BCUT2D eigenvalue weighted by molar-refractivity contribution is -0.245. The summed E-state index contributed by atoms with van der Waals surface area (Å²) < 4.78 is 11.8. The van der Waals surface area contributed by atoms with Crippen LogP contribution in [0.4, 0.5) is 0 Å². The van der Waals surface area contributed by atoms with Crippen LogP contribution in [0.15, 0.2) is 77.1 Å². The zero-order chi connectivity index (χ0) is 29.7. The summed E-state index contributed by atoms with van der Waals surface area (Å²) in [6, 6.07) is 23.7. The van der Waals surface area contributed by atoms with E-state index in [0.29, 0.717) is 6.42 Å². The summed E-state index contributed by atoms with van der Waals surface area (Å²) in [5.74, 6) is 0.0480. The summed E-state index contributed by atoms with van der Waals surface area (Å²) >= 11 is 20.2. The van der Waals surface area contributed by atoms with Gasteiger partial charge in [-0.1, -0.05) is 125 Å². The number of nitrogens with zero attached hydrogens (tertiary/aromatic N) is 2. The van der Waals surface area contributed by atoms with Crippen LogP contribution in [-0.4, -0.2) is 36.9 Å². The summed E-state index contributed by atoms with van der Waals surface area (Å²) in [5.41, 5.74) is 5.66. The number of ether oxygens (including phenoxy) is 2. The van der Waals surface area contributed by atoms with Gasteiger partial charge in [-0.05, 0) is 40.8 Å². The Morgan fingerprint density at radius 3 is 2.40 bits per heavy atom. The number of halogens is 3. The Hall–Kier alpha value is -2.21. The lowest BCUT2D eigenvalue weighted by Gasteiger charge is -2.36. The maximum atomic E-state index is 11.9. The molecule has 3 aromatic carbocycles. The zero-order valence-electron chi connectivity index (χ0n) is 22.5. The molecule has 2 N–H and O–H groups in total. The third-order valence-electron chi connectivity index (χ3n) is 6.67. The van der Waals surface area contributed by atoms with Crippen LogP contribution >= 0.6 is 57.9 Å². The van der Waals surface area contributed by atoms with Crippen molar-refractivity contribution in [2.45, 2.75) is 53.1 Å². The molecule has 220 valence electrons. The predicted octanol–water partition coefficient (Wildman–Crippen LogP) is 7.33. The summed E-state index contributed by atoms with van der Waals surface area (Å²) in [5, 5.41) is 21.4. The average Bonchev–Trinajstić information content (AvgIpc) is 3.43. The van der Waals surface area contributed by atoms with Gasteiger partial charge in [0.05, 0.1) is 18.8 Å². The van der Waals surface area contributed by atoms with Gasteiger partial charge in [0.1, 0.15) is 5.01 Å². The van der Waals surface area contributed by atoms with Crippen LogP contribution in [-0.2, 0) is 27.4 Å². The molecule has 0 saturated carbocycles. The van der Waals surface area contributed by atoms with Crippen molar-refractivity contribution in [1.82, 2.24) is 15.5 Å². The van der Waals surface area contributed by atoms with E-state index in [1.165, 1.54) is 0 Å². The highest BCUT2D eigenvalue weighted by atomic mass is 35.6. The number of nitrogens with one attached hydrogen (secondary N) is 1. The van der Waals surface area contributed by atoms with E-state index < -0.39 is 16.0 Å². The number of aromatic nitrogens is 2. The normalized spacial score (nSPS) is 19.0. The van der Waals surface area contributed by atoms with Gasteiger partial charge >= 0.3 is 0 Å². The number of aliphatic hydroxyl groups excluding tert-OH is 1. The fraction of sp³-hybridized carbons (Fsp3) is 0.300. The van der Waals surface area contributed by atoms with Crippen LogP contribution in [0.25, 0.3) is 11.1 Å². The number of amides is 1. The number of benzene rings is 3. The lowest BCUT2D eigenvalue weighted by Crippen LogP contribution is -2.33. The van der Waals surface area contributed by atoms with E-state index in [1.807, 2.05) is 79.7 Å². The van der Waals surface area contributed by atoms with Crippen molar-refractivity contribution in [3.63, 3.8) is 0 Å². The van der Waals surface area contributed by atoms with Crippen LogP contribution in [0, 0.1) is 6.92 Å². The van der Waals surface area contributed by atoms with E-state index in [2.05, 4.69) is 15.5 Å². The molecule has 4 aromatic rings. The number of aliphatic hydroxyl groups is 1. The van der Waals surface area contributed by atoms with Crippen molar-refractivity contribution in [3.8, 4) is 11.1 Å². The number of thioether (sulfide) groups is 1. The first-order valence-corrected chi connectivity index (χ1v) is 16.1. The van der Waals surface area contributed by atoms with Gasteiger partial charge < -0.3 is 19.9 Å². The molecule has 42 heavy (non-hydrogen) atoms. The number of alkyl halides is 3. The first-order valence-electron chi connectivity index (χ1n) is 13.2. The molecule has 0 aliphatic carbocycles. The molecule has 0 bridgehead atoms. The number of hydrogen-bond donors (Lipinski definition) is 2. The number of hydrogen-bond acceptors (Lipinski definition) is 8. The molecule has 5 rings (SSSR count). The standard InChI is InChI=1S/C30H28Cl3N3O4S2/c1-18-35-36-29(42-18)41-17-25-14-26(22-7-5-19(16-37)6-8-22)40-27(39-25)23-11-9-21(10-12-23)24-4-2-3-20(13-24)15-34-28(38)30(31,32)33/h2-13,25-27,37H,14-17H2,1H3,(H,34,38). The number of rotatable bonds is 9. The van der Waals surface area contributed by atoms with Crippen LogP contribution in [0.5, 0.6) is 0 Å². The van der Waals surface area contributed by atoms with E-state index in [-0.39, 0.29) is 25.4 Å². The second kappa shape index (κ2) is 14.1. The second-order valence-corrected chi connectivity index (χ2v) is 14.5. The third kappa shape index (κ3) is 8.24. The van der Waals surface area contributed by atoms with Crippen molar-refractivity contribution in [1.29, 1.82) is 0 Å². The molecule has 3 atom stereocenters. The molecule has 0 spiro atoms. The molecule has 1 saturated heterocycles. The molecule has 0 radical (unpaired) electrons. The van der Waals surface area contributed by atoms with Gasteiger partial charge in [0.25, 0.3) is 9.70 Å². The fourth-order valence-corrected chi connectivity index (χ4v) is 6.56. The summed E-state index contributed by atoms with van der Waals surface area (Å²) in [6.07, 6.45) is -0.0998. The number of carbonyl (C=O) groups excluding carboxylic acids is 1. The first-order chi connectivity index (χ1) is 20.2. The molecule has 7 nitrogen and oxygen atoms in total. The van der Waals surface area contributed by atoms with Gasteiger partial charge in [-0.3, -0.25) is 4.79 Å². The molecular formula is C30H28Cl3N3O4S2. The Kier molecular flexibility index (Phi) is 10.4. The van der Waals surface area contributed by atoms with Gasteiger partial charge in [0.15, 0.2) is 10.6 Å². The Morgan fingerprint density at radius 1 is 1.00 bits per heavy atom. The molecular weight excluding hydrogens is 637 g/mol. The monoisotopic (exact) mass is 663 g/mol. The van der Waals surface area contributed by atoms with Crippen molar-refractivity contribution < 1.29 is 19.4 Å². The Balaban J connectivity index is 1.31. The quantitative estimate of drug-likeness (QED) is 0.143. The molecule has 1 aliphatic rings.